The third-order valence-corrected chi connectivity index (χ3v) is 5.20. The number of rotatable bonds is 5. The first-order chi connectivity index (χ1) is 13.7. The molecule has 0 radical (unpaired) electrons. The minimum absolute atomic E-state index is 0.0553. The Morgan fingerprint density at radius 1 is 1.07 bits per heavy atom. The lowest BCUT2D eigenvalue weighted by atomic mass is 9.86. The van der Waals surface area contributed by atoms with Gasteiger partial charge < -0.3 is 19.7 Å². The molecule has 0 aromatic heterocycles. The molecule has 0 spiro atoms. The number of hydrogen-bond acceptors (Lipinski definition) is 4. The molecule has 1 saturated heterocycles. The summed E-state index contributed by atoms with van der Waals surface area (Å²) >= 11 is 0. The normalized spacial score (nSPS) is 16.7. The van der Waals surface area contributed by atoms with Crippen LogP contribution in [0.3, 0.4) is 0 Å². The fourth-order valence-electron chi connectivity index (χ4n) is 3.40. The number of amides is 2. The molecule has 1 atom stereocenters. The second kappa shape index (κ2) is 8.15. The molecular weight excluding hydrogens is 368 g/mol. The molecule has 6 nitrogen and oxygen atoms in total. The quantitative estimate of drug-likeness (QED) is 0.830. The highest BCUT2D eigenvalue weighted by Crippen LogP contribution is 2.33. The van der Waals surface area contributed by atoms with Crippen molar-refractivity contribution < 1.29 is 19.1 Å². The maximum atomic E-state index is 12.9. The molecule has 6 heteroatoms. The smallest absolute Gasteiger partial charge is 0.229 e. The summed E-state index contributed by atoms with van der Waals surface area (Å²) in [6.45, 7) is 6.69. The third-order valence-electron chi connectivity index (χ3n) is 5.20. The number of carbonyl (C=O) groups is 2. The van der Waals surface area contributed by atoms with Gasteiger partial charge in [0.05, 0.1) is 25.8 Å². The highest BCUT2D eigenvalue weighted by Gasteiger charge is 2.35. The van der Waals surface area contributed by atoms with Crippen LogP contribution in [0.2, 0.25) is 0 Å². The van der Waals surface area contributed by atoms with Crippen LogP contribution in [-0.4, -0.2) is 32.6 Å². The van der Waals surface area contributed by atoms with Crippen LogP contribution in [-0.2, 0) is 15.0 Å². The lowest BCUT2D eigenvalue weighted by Gasteiger charge is -2.22. The van der Waals surface area contributed by atoms with E-state index in [-0.39, 0.29) is 23.7 Å². The SMILES string of the molecule is COc1ccc(N2C[C@H](C(=O)Nc3cc(C(C)(C)C)ccc3OC)CC2=O)cc1. The Bertz CT molecular complexity index is 900. The second-order valence-electron chi connectivity index (χ2n) is 8.26. The standard InChI is InChI=1S/C23H28N2O4/c1-23(2,3)16-6-11-20(29-5)19(13-16)24-22(27)15-12-21(26)25(14-15)17-7-9-18(28-4)10-8-17/h6-11,13,15H,12,14H2,1-5H3,(H,24,27)/t15-/m1/s1. The summed E-state index contributed by atoms with van der Waals surface area (Å²) in [5, 5.41) is 2.96. The van der Waals surface area contributed by atoms with Crippen LogP contribution >= 0.6 is 0 Å². The monoisotopic (exact) mass is 396 g/mol. The highest BCUT2D eigenvalue weighted by molar-refractivity contribution is 6.04. The van der Waals surface area contributed by atoms with Gasteiger partial charge in [-0.3, -0.25) is 9.59 Å². The predicted molar refractivity (Wildman–Crippen MR) is 114 cm³/mol. The van der Waals surface area contributed by atoms with E-state index in [1.807, 2.05) is 30.3 Å². The number of hydrogen-bond donors (Lipinski definition) is 1. The van der Waals surface area contributed by atoms with E-state index in [2.05, 4.69) is 26.1 Å². The van der Waals surface area contributed by atoms with Crippen molar-refractivity contribution in [3.05, 3.63) is 48.0 Å². The van der Waals surface area contributed by atoms with Crippen molar-refractivity contribution in [3.8, 4) is 11.5 Å². The largest absolute Gasteiger partial charge is 0.497 e. The number of anilines is 2. The van der Waals surface area contributed by atoms with Gasteiger partial charge in [0.1, 0.15) is 11.5 Å². The number of benzene rings is 2. The van der Waals surface area contributed by atoms with Crippen molar-refractivity contribution in [1.82, 2.24) is 0 Å². The Kier molecular flexibility index (Phi) is 5.82. The molecular formula is C23H28N2O4. The minimum Gasteiger partial charge on any atom is -0.497 e. The maximum absolute atomic E-state index is 12.9. The van der Waals surface area contributed by atoms with Gasteiger partial charge >= 0.3 is 0 Å². The van der Waals surface area contributed by atoms with Crippen LogP contribution in [0.5, 0.6) is 11.5 Å². The highest BCUT2D eigenvalue weighted by atomic mass is 16.5. The van der Waals surface area contributed by atoms with Crippen molar-refractivity contribution in [2.24, 2.45) is 5.92 Å². The summed E-state index contributed by atoms with van der Waals surface area (Å²) in [5.41, 5.74) is 2.43. The van der Waals surface area contributed by atoms with Gasteiger partial charge in [-0.2, -0.15) is 0 Å². The maximum Gasteiger partial charge on any atom is 0.229 e. The minimum atomic E-state index is -0.424. The average molecular weight is 396 g/mol. The van der Waals surface area contributed by atoms with Gasteiger partial charge in [-0.05, 0) is 47.4 Å². The molecule has 29 heavy (non-hydrogen) atoms. The molecule has 154 valence electrons. The topological polar surface area (TPSA) is 67.9 Å². The van der Waals surface area contributed by atoms with Gasteiger partial charge in [0.2, 0.25) is 11.8 Å². The van der Waals surface area contributed by atoms with Crippen molar-refractivity contribution in [1.29, 1.82) is 0 Å². The van der Waals surface area contributed by atoms with Gasteiger partial charge in [0.15, 0.2) is 0 Å². The molecule has 0 saturated carbocycles. The first kappa shape index (κ1) is 20.7. The predicted octanol–water partition coefficient (Wildman–Crippen LogP) is 3.99. The van der Waals surface area contributed by atoms with Crippen molar-refractivity contribution in [2.45, 2.75) is 32.6 Å². The molecule has 2 aromatic carbocycles. The first-order valence-electron chi connectivity index (χ1n) is 9.66. The number of nitrogens with zero attached hydrogens (tertiary/aromatic N) is 1. The van der Waals surface area contributed by atoms with Crippen LogP contribution in [0.15, 0.2) is 42.5 Å². The van der Waals surface area contributed by atoms with E-state index < -0.39 is 5.92 Å². The fourth-order valence-corrected chi connectivity index (χ4v) is 3.40. The number of nitrogens with one attached hydrogen (secondary N) is 1. The van der Waals surface area contributed by atoms with E-state index >= 15 is 0 Å². The molecule has 1 N–H and O–H groups in total. The average Bonchev–Trinajstić information content (AvgIpc) is 3.09. The molecule has 0 unspecified atom stereocenters. The summed E-state index contributed by atoms with van der Waals surface area (Å²) in [7, 11) is 3.17. The summed E-state index contributed by atoms with van der Waals surface area (Å²) in [4.78, 5) is 27.0. The van der Waals surface area contributed by atoms with Crippen molar-refractivity contribution in [3.63, 3.8) is 0 Å². The molecule has 1 aliphatic rings. The van der Waals surface area contributed by atoms with Crippen LogP contribution in [0.25, 0.3) is 0 Å². The van der Waals surface area contributed by atoms with Crippen LogP contribution < -0.4 is 19.7 Å². The van der Waals surface area contributed by atoms with Gasteiger partial charge in [-0.15, -0.1) is 0 Å². The summed E-state index contributed by atoms with van der Waals surface area (Å²) in [5.74, 6) is 0.653. The third kappa shape index (κ3) is 4.53. The molecule has 1 heterocycles. The Labute approximate surface area is 171 Å². The van der Waals surface area contributed by atoms with Crippen molar-refractivity contribution >= 4 is 23.2 Å². The molecule has 1 fully saturated rings. The molecule has 2 amide bonds. The summed E-state index contributed by atoms with van der Waals surface area (Å²) in [6.07, 6.45) is 0.180. The van der Waals surface area contributed by atoms with Crippen LogP contribution in [0.1, 0.15) is 32.8 Å². The number of carbonyl (C=O) groups excluding carboxylic acids is 2. The fraction of sp³-hybridized carbons (Fsp3) is 0.391. The van der Waals surface area contributed by atoms with E-state index in [0.29, 0.717) is 18.0 Å². The molecule has 0 bridgehead atoms. The zero-order valence-corrected chi connectivity index (χ0v) is 17.6. The van der Waals surface area contributed by atoms with E-state index in [1.54, 1.807) is 31.3 Å². The van der Waals surface area contributed by atoms with E-state index in [1.165, 1.54) is 0 Å². The first-order valence-corrected chi connectivity index (χ1v) is 9.66. The Hall–Kier alpha value is -3.02. The summed E-state index contributed by atoms with van der Waals surface area (Å²) < 4.78 is 10.6. The zero-order valence-electron chi connectivity index (χ0n) is 17.6. The van der Waals surface area contributed by atoms with E-state index in [9.17, 15) is 9.59 Å². The number of methoxy groups -OCH3 is 2. The Morgan fingerprint density at radius 2 is 1.76 bits per heavy atom. The summed E-state index contributed by atoms with van der Waals surface area (Å²) in [6, 6.07) is 13.1. The zero-order chi connectivity index (χ0) is 21.2. The Balaban J connectivity index is 1.75. The lowest BCUT2D eigenvalue weighted by Crippen LogP contribution is -2.28. The second-order valence-corrected chi connectivity index (χ2v) is 8.26. The van der Waals surface area contributed by atoms with Gasteiger partial charge in [0.25, 0.3) is 0 Å². The van der Waals surface area contributed by atoms with Gasteiger partial charge in [-0.1, -0.05) is 26.8 Å². The Morgan fingerprint density at radius 3 is 2.34 bits per heavy atom. The van der Waals surface area contributed by atoms with Gasteiger partial charge in [-0.25, -0.2) is 0 Å². The van der Waals surface area contributed by atoms with E-state index in [4.69, 9.17) is 9.47 Å². The van der Waals surface area contributed by atoms with Gasteiger partial charge in [0, 0.05) is 18.7 Å². The van der Waals surface area contributed by atoms with E-state index in [0.717, 1.165) is 17.0 Å². The molecule has 0 aliphatic carbocycles. The molecule has 1 aliphatic heterocycles. The molecule has 3 rings (SSSR count). The lowest BCUT2D eigenvalue weighted by molar-refractivity contribution is -0.122. The van der Waals surface area contributed by atoms with Crippen LogP contribution in [0, 0.1) is 5.92 Å². The number of ether oxygens (including phenoxy) is 2. The molecule has 2 aromatic rings. The van der Waals surface area contributed by atoms with Crippen LogP contribution in [0.4, 0.5) is 11.4 Å². The van der Waals surface area contributed by atoms with Crippen molar-refractivity contribution in [2.75, 3.05) is 31.0 Å².